The molecule has 1 saturated heterocycles. The number of carbonyl (C=O) groups excluding carboxylic acids is 4. The van der Waals surface area contributed by atoms with Gasteiger partial charge in [-0.2, -0.15) is 0 Å². The standard InChI is InChI=1S/C16H18N2O4/c1-4-9(5-2)13-10(6-3)15(21)18(16(13)22)11-7-8-12(19)17-14(11)20/h4,6,11H,3,5,7-8H2,1-2H3,(H,17,19,20)/b9-4-. The third-order valence-electron chi connectivity index (χ3n) is 3.93. The van der Waals surface area contributed by atoms with Gasteiger partial charge in [-0.05, 0) is 25.3 Å². The van der Waals surface area contributed by atoms with Gasteiger partial charge in [0.25, 0.3) is 11.8 Å². The summed E-state index contributed by atoms with van der Waals surface area (Å²) >= 11 is 0. The topological polar surface area (TPSA) is 83.6 Å². The van der Waals surface area contributed by atoms with E-state index in [1.807, 2.05) is 6.92 Å². The molecule has 1 fully saturated rings. The summed E-state index contributed by atoms with van der Waals surface area (Å²) in [6, 6.07) is -0.944. The number of nitrogens with zero attached hydrogens (tertiary/aromatic N) is 1. The van der Waals surface area contributed by atoms with Gasteiger partial charge in [-0.15, -0.1) is 0 Å². The Bertz CT molecular complexity index is 643. The lowest BCUT2D eigenvalue weighted by Gasteiger charge is -2.28. The van der Waals surface area contributed by atoms with Crippen LogP contribution in [0.5, 0.6) is 0 Å². The minimum atomic E-state index is -0.944. The van der Waals surface area contributed by atoms with Crippen molar-refractivity contribution < 1.29 is 19.2 Å². The van der Waals surface area contributed by atoms with Crippen LogP contribution in [0.1, 0.15) is 33.1 Å². The fraction of sp³-hybridized carbons (Fsp3) is 0.375. The van der Waals surface area contributed by atoms with Crippen molar-refractivity contribution in [2.75, 3.05) is 0 Å². The second kappa shape index (κ2) is 6.09. The summed E-state index contributed by atoms with van der Waals surface area (Å²) in [5.41, 5.74) is 1.25. The van der Waals surface area contributed by atoms with Crippen LogP contribution in [0.4, 0.5) is 0 Å². The summed E-state index contributed by atoms with van der Waals surface area (Å²) in [7, 11) is 0. The van der Waals surface area contributed by atoms with Crippen molar-refractivity contribution in [3.63, 3.8) is 0 Å². The van der Waals surface area contributed by atoms with E-state index in [1.54, 1.807) is 13.0 Å². The molecular weight excluding hydrogens is 284 g/mol. The summed E-state index contributed by atoms with van der Waals surface area (Å²) in [6.45, 7) is 7.27. The fourth-order valence-electron chi connectivity index (χ4n) is 2.80. The van der Waals surface area contributed by atoms with E-state index >= 15 is 0 Å². The molecule has 1 atom stereocenters. The predicted octanol–water partition coefficient (Wildman–Crippen LogP) is 0.999. The number of piperidine rings is 1. The van der Waals surface area contributed by atoms with Gasteiger partial charge in [0.1, 0.15) is 6.04 Å². The maximum atomic E-state index is 12.7. The van der Waals surface area contributed by atoms with E-state index < -0.39 is 23.8 Å². The van der Waals surface area contributed by atoms with Gasteiger partial charge in [0.15, 0.2) is 0 Å². The van der Waals surface area contributed by atoms with Crippen molar-refractivity contribution >= 4 is 23.6 Å². The molecule has 116 valence electrons. The number of hydrogen-bond acceptors (Lipinski definition) is 4. The lowest BCUT2D eigenvalue weighted by molar-refractivity contribution is -0.149. The predicted molar refractivity (Wildman–Crippen MR) is 79.3 cm³/mol. The van der Waals surface area contributed by atoms with Crippen molar-refractivity contribution in [3.8, 4) is 0 Å². The summed E-state index contributed by atoms with van der Waals surface area (Å²) in [6.07, 6.45) is 3.97. The second-order valence-electron chi connectivity index (χ2n) is 5.11. The summed E-state index contributed by atoms with van der Waals surface area (Å²) < 4.78 is 0. The molecule has 6 heteroatoms. The molecule has 0 spiro atoms. The molecule has 2 heterocycles. The molecule has 2 aliphatic rings. The first-order valence-corrected chi connectivity index (χ1v) is 7.20. The molecule has 0 radical (unpaired) electrons. The maximum Gasteiger partial charge on any atom is 0.262 e. The zero-order valence-corrected chi connectivity index (χ0v) is 12.6. The van der Waals surface area contributed by atoms with Crippen molar-refractivity contribution in [2.24, 2.45) is 0 Å². The molecular formula is C16H18N2O4. The van der Waals surface area contributed by atoms with Gasteiger partial charge in [0.2, 0.25) is 11.8 Å². The smallest absolute Gasteiger partial charge is 0.262 e. The van der Waals surface area contributed by atoms with Gasteiger partial charge in [-0.3, -0.25) is 29.4 Å². The summed E-state index contributed by atoms with van der Waals surface area (Å²) in [5, 5.41) is 2.17. The van der Waals surface area contributed by atoms with E-state index in [1.165, 1.54) is 6.08 Å². The van der Waals surface area contributed by atoms with Gasteiger partial charge in [0.05, 0.1) is 11.1 Å². The van der Waals surface area contributed by atoms with Crippen LogP contribution in [0, 0.1) is 0 Å². The van der Waals surface area contributed by atoms with Crippen LogP contribution in [0.25, 0.3) is 0 Å². The Morgan fingerprint density at radius 2 is 2.00 bits per heavy atom. The summed E-state index contributed by atoms with van der Waals surface area (Å²) in [5.74, 6) is -2.03. The molecule has 0 saturated carbocycles. The number of hydrogen-bond donors (Lipinski definition) is 1. The lowest BCUT2D eigenvalue weighted by atomic mass is 9.99. The SMILES string of the molecule is C=CC1=C(/C(=C\C)CC)C(=O)N(C2CCC(=O)NC2=O)C1=O. The first kappa shape index (κ1) is 15.9. The van der Waals surface area contributed by atoms with E-state index in [2.05, 4.69) is 11.9 Å². The minimum absolute atomic E-state index is 0.108. The first-order chi connectivity index (χ1) is 10.5. The molecule has 1 N–H and O–H groups in total. The van der Waals surface area contributed by atoms with Gasteiger partial charge in [-0.25, -0.2) is 0 Å². The normalized spacial score (nSPS) is 23.3. The zero-order valence-electron chi connectivity index (χ0n) is 12.6. The Labute approximate surface area is 128 Å². The van der Waals surface area contributed by atoms with Crippen LogP contribution in [0.3, 0.4) is 0 Å². The van der Waals surface area contributed by atoms with Gasteiger partial charge < -0.3 is 0 Å². The molecule has 0 aromatic carbocycles. The highest BCUT2D eigenvalue weighted by atomic mass is 16.2. The van der Waals surface area contributed by atoms with Gasteiger partial charge in [0, 0.05) is 6.42 Å². The Morgan fingerprint density at radius 1 is 1.32 bits per heavy atom. The highest BCUT2D eigenvalue weighted by Crippen LogP contribution is 2.31. The quantitative estimate of drug-likeness (QED) is 0.785. The summed E-state index contributed by atoms with van der Waals surface area (Å²) in [4.78, 5) is 49.3. The first-order valence-electron chi connectivity index (χ1n) is 7.20. The van der Waals surface area contributed by atoms with Crippen LogP contribution >= 0.6 is 0 Å². The fourth-order valence-corrected chi connectivity index (χ4v) is 2.80. The lowest BCUT2D eigenvalue weighted by Crippen LogP contribution is -2.54. The highest BCUT2D eigenvalue weighted by molar-refractivity contribution is 6.24. The Morgan fingerprint density at radius 3 is 2.50 bits per heavy atom. The molecule has 2 aliphatic heterocycles. The Balaban J connectivity index is 2.41. The number of allylic oxidation sites excluding steroid dienone is 1. The largest absolute Gasteiger partial charge is 0.295 e. The van der Waals surface area contributed by atoms with Crippen LogP contribution in [0.2, 0.25) is 0 Å². The van der Waals surface area contributed by atoms with Crippen molar-refractivity contribution in [1.29, 1.82) is 0 Å². The molecule has 0 bridgehead atoms. The van der Waals surface area contributed by atoms with E-state index in [9.17, 15) is 19.2 Å². The van der Waals surface area contributed by atoms with Crippen molar-refractivity contribution in [1.82, 2.24) is 10.2 Å². The Hall–Kier alpha value is -2.50. The molecule has 6 nitrogen and oxygen atoms in total. The van der Waals surface area contributed by atoms with Crippen LogP contribution in [-0.2, 0) is 19.2 Å². The average molecular weight is 302 g/mol. The maximum absolute atomic E-state index is 12.7. The van der Waals surface area contributed by atoms with Crippen molar-refractivity contribution in [3.05, 3.63) is 35.5 Å². The van der Waals surface area contributed by atoms with E-state index in [-0.39, 0.29) is 24.3 Å². The molecule has 1 unspecified atom stereocenters. The van der Waals surface area contributed by atoms with E-state index in [4.69, 9.17) is 0 Å². The Kier molecular flexibility index (Phi) is 4.40. The number of imide groups is 2. The molecule has 22 heavy (non-hydrogen) atoms. The van der Waals surface area contributed by atoms with Gasteiger partial charge in [-0.1, -0.05) is 25.7 Å². The monoisotopic (exact) mass is 302 g/mol. The number of amides is 4. The number of rotatable bonds is 4. The third-order valence-corrected chi connectivity index (χ3v) is 3.93. The molecule has 4 amide bonds. The van der Waals surface area contributed by atoms with Crippen LogP contribution < -0.4 is 5.32 Å². The molecule has 2 rings (SSSR count). The third kappa shape index (κ3) is 2.41. The van der Waals surface area contributed by atoms with E-state index in [0.717, 1.165) is 10.5 Å². The van der Waals surface area contributed by atoms with E-state index in [0.29, 0.717) is 12.0 Å². The molecule has 0 aromatic heterocycles. The molecule has 0 aliphatic carbocycles. The average Bonchev–Trinajstić information content (AvgIpc) is 2.73. The number of carbonyl (C=O) groups is 4. The molecule has 0 aromatic rings. The van der Waals surface area contributed by atoms with Gasteiger partial charge >= 0.3 is 0 Å². The van der Waals surface area contributed by atoms with Crippen LogP contribution in [-0.4, -0.2) is 34.6 Å². The van der Waals surface area contributed by atoms with Crippen molar-refractivity contribution in [2.45, 2.75) is 39.2 Å². The minimum Gasteiger partial charge on any atom is -0.295 e. The number of nitrogens with one attached hydrogen (secondary N) is 1. The van der Waals surface area contributed by atoms with Crippen LogP contribution in [0.15, 0.2) is 35.5 Å². The zero-order chi connectivity index (χ0) is 16.4. The highest BCUT2D eigenvalue weighted by Gasteiger charge is 2.45. The second-order valence-corrected chi connectivity index (χ2v) is 5.11.